The van der Waals surface area contributed by atoms with Gasteiger partial charge in [0.1, 0.15) is 0 Å². The fraction of sp³-hybridized carbons (Fsp3) is 0.0476. The summed E-state index contributed by atoms with van der Waals surface area (Å²) in [7, 11) is 1.95. The third-order valence-corrected chi connectivity index (χ3v) is 6.15. The van der Waals surface area contributed by atoms with E-state index in [9.17, 15) is 4.79 Å². The molecule has 0 aliphatic carbocycles. The molecule has 7 heteroatoms. The lowest BCUT2D eigenvalue weighted by Crippen LogP contribution is -2.23. The van der Waals surface area contributed by atoms with Gasteiger partial charge in [0.25, 0.3) is 5.56 Å². The van der Waals surface area contributed by atoms with Crippen molar-refractivity contribution in [3.05, 3.63) is 85.2 Å². The van der Waals surface area contributed by atoms with E-state index in [1.54, 1.807) is 10.5 Å². The van der Waals surface area contributed by atoms with Crippen molar-refractivity contribution in [3.63, 3.8) is 0 Å². The number of fused-ring (bicyclic) bond motifs is 3. The van der Waals surface area contributed by atoms with E-state index < -0.39 is 0 Å². The zero-order valence-corrected chi connectivity index (χ0v) is 17.0. The number of hydrogen-bond donors (Lipinski definition) is 0. The summed E-state index contributed by atoms with van der Waals surface area (Å²) < 4.78 is 4.33. The molecule has 28 heavy (non-hydrogen) atoms. The van der Waals surface area contributed by atoms with Crippen LogP contribution in [-0.4, -0.2) is 14.0 Å². The number of hydrogen-bond acceptors (Lipinski definition) is 3. The van der Waals surface area contributed by atoms with Crippen LogP contribution in [0.15, 0.2) is 59.4 Å². The molecule has 0 amide bonds. The maximum Gasteiger partial charge on any atom is 0.275 e. The molecule has 3 heterocycles. The minimum absolute atomic E-state index is 0.0535. The number of rotatable bonds is 2. The first kappa shape index (κ1) is 17.5. The highest BCUT2D eigenvalue weighted by Crippen LogP contribution is 2.28. The Labute approximate surface area is 173 Å². The van der Waals surface area contributed by atoms with E-state index in [2.05, 4.69) is 4.98 Å². The maximum absolute atomic E-state index is 12.9. The van der Waals surface area contributed by atoms with E-state index in [4.69, 9.17) is 23.2 Å². The molecule has 0 bridgehead atoms. The normalized spacial score (nSPS) is 12.5. The number of para-hydroxylation sites is 2. The Morgan fingerprint density at radius 3 is 2.57 bits per heavy atom. The van der Waals surface area contributed by atoms with Crippen molar-refractivity contribution in [2.75, 3.05) is 0 Å². The van der Waals surface area contributed by atoms with Crippen LogP contribution in [0.25, 0.3) is 33.3 Å². The van der Waals surface area contributed by atoms with E-state index in [1.165, 1.54) is 11.3 Å². The lowest BCUT2D eigenvalue weighted by atomic mass is 10.1. The van der Waals surface area contributed by atoms with E-state index in [0.717, 1.165) is 28.0 Å². The maximum atomic E-state index is 12.9. The number of halogens is 2. The summed E-state index contributed by atoms with van der Waals surface area (Å²) in [6.45, 7) is 0. The Balaban J connectivity index is 1.67. The molecule has 0 aliphatic rings. The highest BCUT2D eigenvalue weighted by molar-refractivity contribution is 7.15. The highest BCUT2D eigenvalue weighted by Gasteiger charge is 2.12. The molecule has 2 aromatic carbocycles. The quantitative estimate of drug-likeness (QED) is 0.408. The molecule has 0 aliphatic heterocycles. The van der Waals surface area contributed by atoms with Crippen LogP contribution in [0.3, 0.4) is 0 Å². The molecule has 0 N–H and O–H groups in total. The molecule has 3 aromatic heterocycles. The molecule has 0 saturated heterocycles. The SMILES string of the molecule is Cn1c(/C=c2\sc3nc4ccccc4n3c2=O)ccc1-c1cc(Cl)cc(Cl)c1. The van der Waals surface area contributed by atoms with Crippen molar-refractivity contribution in [3.8, 4) is 11.3 Å². The Kier molecular flexibility index (Phi) is 4.05. The predicted octanol–water partition coefficient (Wildman–Crippen LogP) is 4.77. The number of thiazole rings is 1. The molecule has 0 saturated carbocycles. The zero-order valence-electron chi connectivity index (χ0n) is 14.7. The summed E-state index contributed by atoms with van der Waals surface area (Å²) in [5.41, 5.74) is 4.42. The average molecular weight is 426 g/mol. The molecule has 0 atom stereocenters. The number of benzene rings is 2. The number of imidazole rings is 1. The smallest absolute Gasteiger partial charge is 0.275 e. The second-order valence-electron chi connectivity index (χ2n) is 6.49. The minimum atomic E-state index is -0.0535. The van der Waals surface area contributed by atoms with Crippen LogP contribution >= 0.6 is 34.5 Å². The van der Waals surface area contributed by atoms with Gasteiger partial charge in [-0.25, -0.2) is 9.38 Å². The van der Waals surface area contributed by atoms with Gasteiger partial charge in [0.2, 0.25) is 0 Å². The fourth-order valence-corrected chi connectivity index (χ4v) is 4.91. The topological polar surface area (TPSA) is 39.3 Å². The Bertz CT molecular complexity index is 1460. The molecular weight excluding hydrogens is 413 g/mol. The summed E-state index contributed by atoms with van der Waals surface area (Å²) in [4.78, 5) is 18.2. The molecule has 0 fully saturated rings. The second kappa shape index (κ2) is 6.48. The van der Waals surface area contributed by atoms with E-state index in [1.807, 2.05) is 66.2 Å². The van der Waals surface area contributed by atoms with E-state index in [0.29, 0.717) is 19.5 Å². The summed E-state index contributed by atoms with van der Waals surface area (Å²) in [5, 5.41) is 1.17. The van der Waals surface area contributed by atoms with Gasteiger partial charge in [0.05, 0.1) is 15.6 Å². The summed E-state index contributed by atoms with van der Waals surface area (Å²) >= 11 is 13.7. The van der Waals surface area contributed by atoms with Gasteiger partial charge in [-0.3, -0.25) is 4.79 Å². The number of nitrogens with zero attached hydrogens (tertiary/aromatic N) is 3. The van der Waals surface area contributed by atoms with Gasteiger partial charge in [-0.05, 0) is 48.5 Å². The van der Waals surface area contributed by atoms with Gasteiger partial charge in [-0.1, -0.05) is 46.7 Å². The standard InChI is InChI=1S/C21H13Cl2N3OS/c1-25-15(6-7-17(25)12-8-13(22)10-14(23)9-12)11-19-20(27)26-18-5-3-2-4-16(18)24-21(26)28-19/h2-11H,1H3/b19-11-. The first-order valence-corrected chi connectivity index (χ1v) is 10.1. The molecule has 138 valence electrons. The third-order valence-electron chi connectivity index (χ3n) is 4.74. The van der Waals surface area contributed by atoms with Gasteiger partial charge in [-0.2, -0.15) is 0 Å². The minimum Gasteiger partial charge on any atom is -0.344 e. The Morgan fingerprint density at radius 1 is 1.04 bits per heavy atom. The Morgan fingerprint density at radius 2 is 1.79 bits per heavy atom. The molecule has 4 nitrogen and oxygen atoms in total. The van der Waals surface area contributed by atoms with Crippen LogP contribution in [0, 0.1) is 0 Å². The third kappa shape index (κ3) is 2.75. The molecular formula is C21H13Cl2N3OS. The summed E-state index contributed by atoms with van der Waals surface area (Å²) in [6.07, 6.45) is 1.89. The van der Waals surface area contributed by atoms with Gasteiger partial charge in [0.15, 0.2) is 4.96 Å². The highest BCUT2D eigenvalue weighted by atomic mass is 35.5. The summed E-state index contributed by atoms with van der Waals surface area (Å²) in [6, 6.07) is 17.1. The van der Waals surface area contributed by atoms with Gasteiger partial charge >= 0.3 is 0 Å². The first-order valence-electron chi connectivity index (χ1n) is 8.55. The van der Waals surface area contributed by atoms with Crippen molar-refractivity contribution in [2.45, 2.75) is 0 Å². The molecule has 5 rings (SSSR count). The first-order chi connectivity index (χ1) is 13.5. The van der Waals surface area contributed by atoms with Crippen LogP contribution in [0.5, 0.6) is 0 Å². The average Bonchev–Trinajstić information content (AvgIpc) is 3.28. The lowest BCUT2D eigenvalue weighted by molar-refractivity contribution is 0.923. The van der Waals surface area contributed by atoms with Crippen molar-refractivity contribution in [1.82, 2.24) is 14.0 Å². The molecule has 0 radical (unpaired) electrons. The fourth-order valence-electron chi connectivity index (χ4n) is 3.41. The Hall–Kier alpha value is -2.60. The van der Waals surface area contributed by atoms with Gasteiger partial charge in [-0.15, -0.1) is 0 Å². The van der Waals surface area contributed by atoms with Crippen molar-refractivity contribution < 1.29 is 0 Å². The van der Waals surface area contributed by atoms with Crippen LogP contribution in [0.1, 0.15) is 5.69 Å². The monoisotopic (exact) mass is 425 g/mol. The molecule has 0 unspecified atom stereocenters. The van der Waals surface area contributed by atoms with Crippen LogP contribution in [-0.2, 0) is 7.05 Å². The largest absolute Gasteiger partial charge is 0.344 e. The van der Waals surface area contributed by atoms with E-state index in [-0.39, 0.29) is 5.56 Å². The number of aromatic nitrogens is 3. The van der Waals surface area contributed by atoms with Crippen molar-refractivity contribution in [2.24, 2.45) is 7.05 Å². The van der Waals surface area contributed by atoms with Crippen molar-refractivity contribution in [1.29, 1.82) is 0 Å². The predicted molar refractivity (Wildman–Crippen MR) is 116 cm³/mol. The second-order valence-corrected chi connectivity index (χ2v) is 8.38. The molecule has 0 spiro atoms. The molecule has 5 aromatic rings. The summed E-state index contributed by atoms with van der Waals surface area (Å²) in [5.74, 6) is 0. The van der Waals surface area contributed by atoms with Crippen LogP contribution in [0.4, 0.5) is 0 Å². The van der Waals surface area contributed by atoms with Crippen LogP contribution < -0.4 is 10.1 Å². The van der Waals surface area contributed by atoms with Crippen LogP contribution in [0.2, 0.25) is 10.0 Å². The van der Waals surface area contributed by atoms with Gasteiger partial charge < -0.3 is 4.57 Å². The van der Waals surface area contributed by atoms with Crippen molar-refractivity contribution >= 4 is 56.6 Å². The lowest BCUT2D eigenvalue weighted by Gasteiger charge is -2.06. The van der Waals surface area contributed by atoms with E-state index >= 15 is 0 Å². The van der Waals surface area contributed by atoms with Gasteiger partial charge in [0, 0.05) is 34.0 Å². The zero-order chi connectivity index (χ0) is 19.4.